The third-order valence-corrected chi connectivity index (χ3v) is 0.877. The van der Waals surface area contributed by atoms with Crippen LogP contribution in [-0.2, 0) is 4.79 Å². The molecule has 3 nitrogen and oxygen atoms in total. The van der Waals surface area contributed by atoms with E-state index in [0.29, 0.717) is 6.54 Å². The standard InChI is InChI=1S/C7H13NO2/c1-3-8-7(10)5-4-6(2)9/h4-6,9H,3H2,1-2H3,(H,8,10). The Kier molecular flexibility index (Phi) is 4.58. The molecule has 0 heterocycles. The van der Waals surface area contributed by atoms with E-state index < -0.39 is 6.10 Å². The molecule has 0 saturated carbocycles. The molecule has 1 unspecified atom stereocenters. The number of hydrogen-bond acceptors (Lipinski definition) is 2. The van der Waals surface area contributed by atoms with Crippen molar-refractivity contribution < 1.29 is 9.90 Å². The van der Waals surface area contributed by atoms with Gasteiger partial charge >= 0.3 is 0 Å². The van der Waals surface area contributed by atoms with Crippen LogP contribution in [0.5, 0.6) is 0 Å². The molecule has 1 atom stereocenters. The van der Waals surface area contributed by atoms with Crippen molar-refractivity contribution in [1.82, 2.24) is 5.32 Å². The Balaban J connectivity index is 3.56. The van der Waals surface area contributed by atoms with Crippen molar-refractivity contribution in [2.24, 2.45) is 0 Å². The number of hydrogen-bond donors (Lipinski definition) is 2. The zero-order valence-corrected chi connectivity index (χ0v) is 6.29. The predicted octanol–water partition coefficient (Wildman–Crippen LogP) is 0.0595. The van der Waals surface area contributed by atoms with Gasteiger partial charge in [-0.3, -0.25) is 4.79 Å². The molecule has 0 aromatic carbocycles. The van der Waals surface area contributed by atoms with Gasteiger partial charge in [0.2, 0.25) is 5.91 Å². The lowest BCUT2D eigenvalue weighted by molar-refractivity contribution is -0.116. The predicted molar refractivity (Wildman–Crippen MR) is 39.5 cm³/mol. The van der Waals surface area contributed by atoms with E-state index in [4.69, 9.17) is 5.11 Å². The summed E-state index contributed by atoms with van der Waals surface area (Å²) in [6.07, 6.45) is 2.21. The number of likely N-dealkylation sites (N-methyl/N-ethyl adjacent to an activating group) is 1. The number of carbonyl (C=O) groups is 1. The maximum absolute atomic E-state index is 10.6. The van der Waals surface area contributed by atoms with E-state index in [1.165, 1.54) is 12.2 Å². The van der Waals surface area contributed by atoms with Gasteiger partial charge in [0, 0.05) is 12.6 Å². The minimum Gasteiger partial charge on any atom is -0.389 e. The highest BCUT2D eigenvalue weighted by molar-refractivity contribution is 5.87. The molecule has 0 radical (unpaired) electrons. The van der Waals surface area contributed by atoms with Gasteiger partial charge in [-0.25, -0.2) is 0 Å². The van der Waals surface area contributed by atoms with E-state index in [2.05, 4.69) is 5.32 Å². The fraction of sp³-hybridized carbons (Fsp3) is 0.571. The average molecular weight is 143 g/mol. The van der Waals surface area contributed by atoms with E-state index in [0.717, 1.165) is 0 Å². The third-order valence-electron chi connectivity index (χ3n) is 0.877. The van der Waals surface area contributed by atoms with Crippen molar-refractivity contribution >= 4 is 5.91 Å². The molecule has 0 fully saturated rings. The molecule has 0 bridgehead atoms. The molecule has 0 aromatic rings. The Morgan fingerprint density at radius 3 is 2.80 bits per heavy atom. The SMILES string of the molecule is CCNC(=O)C=CC(C)O. The largest absolute Gasteiger partial charge is 0.389 e. The van der Waals surface area contributed by atoms with Crippen LogP contribution in [0.15, 0.2) is 12.2 Å². The number of nitrogens with one attached hydrogen (secondary N) is 1. The van der Waals surface area contributed by atoms with Gasteiger partial charge in [-0.1, -0.05) is 6.08 Å². The molecule has 58 valence electrons. The number of rotatable bonds is 3. The van der Waals surface area contributed by atoms with Gasteiger partial charge in [0.15, 0.2) is 0 Å². The lowest BCUT2D eigenvalue weighted by atomic mass is 10.3. The molecule has 3 heteroatoms. The highest BCUT2D eigenvalue weighted by Crippen LogP contribution is 1.81. The first-order valence-corrected chi connectivity index (χ1v) is 3.31. The minimum atomic E-state index is -0.553. The van der Waals surface area contributed by atoms with Crippen LogP contribution in [0.1, 0.15) is 13.8 Å². The van der Waals surface area contributed by atoms with Gasteiger partial charge in [-0.05, 0) is 13.8 Å². The van der Waals surface area contributed by atoms with Crippen LogP contribution in [0.25, 0.3) is 0 Å². The van der Waals surface area contributed by atoms with Gasteiger partial charge in [0.25, 0.3) is 0 Å². The van der Waals surface area contributed by atoms with Gasteiger partial charge in [0.1, 0.15) is 0 Å². The van der Waals surface area contributed by atoms with Crippen molar-refractivity contribution in [3.63, 3.8) is 0 Å². The second-order valence-electron chi connectivity index (χ2n) is 1.99. The highest BCUT2D eigenvalue weighted by Gasteiger charge is 1.91. The molecule has 0 aliphatic heterocycles. The summed E-state index contributed by atoms with van der Waals surface area (Å²) in [6, 6.07) is 0. The van der Waals surface area contributed by atoms with E-state index in [9.17, 15) is 4.79 Å². The van der Waals surface area contributed by atoms with Crippen molar-refractivity contribution in [2.45, 2.75) is 20.0 Å². The Morgan fingerprint density at radius 1 is 1.80 bits per heavy atom. The molecule has 0 aliphatic carbocycles. The Labute approximate surface area is 60.7 Å². The van der Waals surface area contributed by atoms with E-state index in [-0.39, 0.29) is 5.91 Å². The molecule has 0 saturated heterocycles. The Bertz CT molecular complexity index is 130. The van der Waals surface area contributed by atoms with Crippen molar-refractivity contribution in [1.29, 1.82) is 0 Å². The van der Waals surface area contributed by atoms with Crippen molar-refractivity contribution in [2.75, 3.05) is 6.54 Å². The quantitative estimate of drug-likeness (QED) is 0.549. The fourth-order valence-electron chi connectivity index (χ4n) is 0.460. The second-order valence-corrected chi connectivity index (χ2v) is 1.99. The second kappa shape index (κ2) is 4.99. The zero-order chi connectivity index (χ0) is 7.98. The number of aliphatic hydroxyl groups excluding tert-OH is 1. The molecule has 1 amide bonds. The van der Waals surface area contributed by atoms with Crippen molar-refractivity contribution in [3.05, 3.63) is 12.2 Å². The summed E-state index contributed by atoms with van der Waals surface area (Å²) in [5.41, 5.74) is 0. The van der Waals surface area contributed by atoms with E-state index in [1.54, 1.807) is 6.92 Å². The summed E-state index contributed by atoms with van der Waals surface area (Å²) in [5, 5.41) is 11.3. The smallest absolute Gasteiger partial charge is 0.243 e. The average Bonchev–Trinajstić information content (AvgIpc) is 1.85. The monoisotopic (exact) mass is 143 g/mol. The van der Waals surface area contributed by atoms with Crippen LogP contribution >= 0.6 is 0 Å². The van der Waals surface area contributed by atoms with Gasteiger partial charge in [-0.15, -0.1) is 0 Å². The zero-order valence-electron chi connectivity index (χ0n) is 6.29. The van der Waals surface area contributed by atoms with Gasteiger partial charge < -0.3 is 10.4 Å². The summed E-state index contributed by atoms with van der Waals surface area (Å²) in [5.74, 6) is -0.164. The molecule has 2 N–H and O–H groups in total. The molecule has 0 aromatic heterocycles. The first-order chi connectivity index (χ1) is 4.66. The molecule has 0 rings (SSSR count). The lowest BCUT2D eigenvalue weighted by Gasteiger charge is -1.95. The molecular weight excluding hydrogens is 130 g/mol. The third kappa shape index (κ3) is 5.31. The first kappa shape index (κ1) is 9.17. The number of carbonyl (C=O) groups excluding carboxylic acids is 1. The van der Waals surface area contributed by atoms with Crippen LogP contribution < -0.4 is 5.32 Å². The summed E-state index contributed by atoms with van der Waals surface area (Å²) in [6.45, 7) is 4.05. The number of aliphatic hydroxyl groups is 1. The molecule has 0 spiro atoms. The van der Waals surface area contributed by atoms with Gasteiger partial charge in [0.05, 0.1) is 6.10 Å². The highest BCUT2D eigenvalue weighted by atomic mass is 16.3. The van der Waals surface area contributed by atoms with E-state index in [1.807, 2.05) is 6.92 Å². The van der Waals surface area contributed by atoms with Crippen LogP contribution in [0.4, 0.5) is 0 Å². The topological polar surface area (TPSA) is 49.3 Å². The summed E-state index contributed by atoms with van der Waals surface area (Å²) in [4.78, 5) is 10.6. The van der Waals surface area contributed by atoms with Crippen LogP contribution in [0.3, 0.4) is 0 Å². The Hall–Kier alpha value is -0.830. The minimum absolute atomic E-state index is 0.164. The maximum Gasteiger partial charge on any atom is 0.243 e. The van der Waals surface area contributed by atoms with Gasteiger partial charge in [-0.2, -0.15) is 0 Å². The first-order valence-electron chi connectivity index (χ1n) is 3.31. The molecule has 0 aliphatic rings. The fourth-order valence-corrected chi connectivity index (χ4v) is 0.460. The summed E-state index contributed by atoms with van der Waals surface area (Å²) >= 11 is 0. The van der Waals surface area contributed by atoms with Crippen molar-refractivity contribution in [3.8, 4) is 0 Å². The summed E-state index contributed by atoms with van der Waals surface area (Å²) in [7, 11) is 0. The number of amides is 1. The van der Waals surface area contributed by atoms with Crippen LogP contribution in [-0.4, -0.2) is 23.7 Å². The summed E-state index contributed by atoms with van der Waals surface area (Å²) < 4.78 is 0. The molecule has 10 heavy (non-hydrogen) atoms. The van der Waals surface area contributed by atoms with E-state index >= 15 is 0 Å². The Morgan fingerprint density at radius 2 is 2.40 bits per heavy atom. The lowest BCUT2D eigenvalue weighted by Crippen LogP contribution is -2.20. The molecular formula is C7H13NO2. The van der Waals surface area contributed by atoms with Crippen LogP contribution in [0, 0.1) is 0 Å². The van der Waals surface area contributed by atoms with Crippen LogP contribution in [0.2, 0.25) is 0 Å². The normalized spacial score (nSPS) is 13.5. The maximum atomic E-state index is 10.6.